The average Bonchev–Trinajstić information content (AvgIpc) is 4.06. The van der Waals surface area contributed by atoms with Crippen LogP contribution in [0.5, 0.6) is 0 Å². The monoisotopic (exact) mass is 1020 g/mol. The molecule has 0 radical (unpaired) electrons. The summed E-state index contributed by atoms with van der Waals surface area (Å²) < 4.78 is 2.28. The first-order chi connectivity index (χ1) is 39.2. The van der Waals surface area contributed by atoms with E-state index >= 15 is 0 Å². The van der Waals surface area contributed by atoms with E-state index in [-0.39, 0.29) is 0 Å². The molecule has 12 aromatic carbocycles. The van der Waals surface area contributed by atoms with Crippen molar-refractivity contribution >= 4 is 78.5 Å². The van der Waals surface area contributed by atoms with Gasteiger partial charge in [0.2, 0.25) is 5.95 Å². The zero-order chi connectivity index (χ0) is 52.3. The highest BCUT2D eigenvalue weighted by atomic mass is 28.3. The first-order valence-corrected chi connectivity index (χ1v) is 28.9. The summed E-state index contributed by atoms with van der Waals surface area (Å²) in [6.07, 6.45) is 0. The lowest BCUT2D eigenvalue weighted by molar-refractivity contribution is 0.953. The van der Waals surface area contributed by atoms with Crippen LogP contribution in [0.1, 0.15) is 0 Å². The molecule has 0 unspecified atom stereocenters. The second-order valence-electron chi connectivity index (χ2n) is 20.3. The van der Waals surface area contributed by atoms with Gasteiger partial charge in [-0.25, -0.2) is 4.98 Å². The molecule has 15 rings (SSSR count). The molecule has 2 aromatic heterocycles. The summed E-state index contributed by atoms with van der Waals surface area (Å²) in [7, 11) is -2.87. The lowest BCUT2D eigenvalue weighted by Crippen LogP contribution is -2.72. The number of aromatic nitrogens is 4. The summed E-state index contributed by atoms with van der Waals surface area (Å²) in [6, 6.07) is 108. The zero-order valence-electron chi connectivity index (χ0n) is 43.0. The smallest absolute Gasteiger partial charge is 0.238 e. The number of hydrogen-bond donors (Lipinski definition) is 0. The van der Waals surface area contributed by atoms with Crippen LogP contribution in [0.4, 0.5) is 17.1 Å². The molecule has 1 aliphatic heterocycles. The number of benzene rings is 12. The van der Waals surface area contributed by atoms with Crippen LogP contribution in [0, 0.1) is 0 Å². The van der Waals surface area contributed by atoms with Crippen molar-refractivity contribution in [2.75, 3.05) is 4.90 Å². The van der Waals surface area contributed by atoms with Gasteiger partial charge in [0, 0.05) is 38.7 Å². The maximum absolute atomic E-state index is 5.39. The normalized spacial score (nSPS) is 12.4. The standard InChI is InChI=1S/C73H49N5Si/c1-6-23-50(24-7-1)54-31-20-33-57(47-54)77(64-41-22-30-51-25-16-17-39-61(51)64)58-34-21-32-55(48-58)56-43-44-65-63(49-56)69-66(78(65)73-75-71(52-26-8-2-9-27-52)74-72(76-73)53-28-10-3-11-29-53)45-46-68-70(69)62-40-18-19-42-67(62)79(68,59-35-12-4-13-36-59)60-37-14-5-15-38-60/h1-49H. The van der Waals surface area contributed by atoms with Crippen molar-refractivity contribution in [2.45, 2.75) is 0 Å². The van der Waals surface area contributed by atoms with Gasteiger partial charge in [-0.3, -0.25) is 4.57 Å². The second-order valence-corrected chi connectivity index (χ2v) is 24.0. The Morgan fingerprint density at radius 3 is 1.47 bits per heavy atom. The summed E-state index contributed by atoms with van der Waals surface area (Å²) in [4.78, 5) is 18.3. The molecule has 1 aliphatic rings. The van der Waals surface area contributed by atoms with Crippen LogP contribution in [0.3, 0.4) is 0 Å². The van der Waals surface area contributed by atoms with Crippen molar-refractivity contribution in [2.24, 2.45) is 0 Å². The summed E-state index contributed by atoms with van der Waals surface area (Å²) >= 11 is 0. The van der Waals surface area contributed by atoms with Crippen LogP contribution in [-0.4, -0.2) is 27.6 Å². The van der Waals surface area contributed by atoms with E-state index < -0.39 is 8.07 Å². The van der Waals surface area contributed by atoms with Gasteiger partial charge in [0.25, 0.3) is 0 Å². The second kappa shape index (κ2) is 19.1. The Hall–Kier alpha value is -10.3. The van der Waals surface area contributed by atoms with Crippen molar-refractivity contribution in [3.8, 4) is 62.1 Å². The Morgan fingerprint density at radius 2 is 0.823 bits per heavy atom. The molecule has 370 valence electrons. The number of rotatable bonds is 10. The Labute approximate surface area is 459 Å². The van der Waals surface area contributed by atoms with E-state index in [1.54, 1.807) is 0 Å². The SMILES string of the molecule is c1ccc(-c2cccc(N(c3cccc(-c4ccc5c(c4)c4c6c(ccc4n5-c4nc(-c5ccccc5)nc(-c5ccccc5)n4)[Si](c4ccccc4)(c4ccccc4)c4ccccc4-6)c3)c3cccc4ccccc34)c2)cc1. The van der Waals surface area contributed by atoms with Crippen molar-refractivity contribution in [1.29, 1.82) is 0 Å². The third-order valence-corrected chi connectivity index (χ3v) is 20.8. The molecule has 0 saturated carbocycles. The van der Waals surface area contributed by atoms with Crippen molar-refractivity contribution in [3.63, 3.8) is 0 Å². The van der Waals surface area contributed by atoms with Crippen molar-refractivity contribution in [1.82, 2.24) is 19.5 Å². The lowest BCUT2D eigenvalue weighted by atomic mass is 9.97. The van der Waals surface area contributed by atoms with Crippen LogP contribution in [0.25, 0.3) is 94.7 Å². The number of nitrogens with zero attached hydrogens (tertiary/aromatic N) is 5. The topological polar surface area (TPSA) is 46.8 Å². The maximum atomic E-state index is 5.39. The minimum Gasteiger partial charge on any atom is -0.310 e. The van der Waals surface area contributed by atoms with Crippen LogP contribution in [0.2, 0.25) is 0 Å². The van der Waals surface area contributed by atoms with Gasteiger partial charge >= 0.3 is 0 Å². The summed E-state index contributed by atoms with van der Waals surface area (Å²) in [5, 5.41) is 10.1. The van der Waals surface area contributed by atoms with E-state index in [1.165, 1.54) is 53.6 Å². The summed E-state index contributed by atoms with van der Waals surface area (Å²) in [6.45, 7) is 0. The molecule has 0 aliphatic carbocycles. The highest BCUT2D eigenvalue weighted by molar-refractivity contribution is 7.22. The highest BCUT2D eigenvalue weighted by Crippen LogP contribution is 2.45. The Bertz CT molecular complexity index is 4500. The van der Waals surface area contributed by atoms with Crippen LogP contribution in [-0.2, 0) is 0 Å². The first kappa shape index (κ1) is 46.1. The van der Waals surface area contributed by atoms with Crippen LogP contribution >= 0.6 is 0 Å². The molecule has 0 amide bonds. The van der Waals surface area contributed by atoms with Gasteiger partial charge in [0.15, 0.2) is 19.7 Å². The van der Waals surface area contributed by atoms with Gasteiger partial charge in [-0.1, -0.05) is 249 Å². The molecule has 0 atom stereocenters. The van der Waals surface area contributed by atoms with E-state index in [1.807, 2.05) is 36.4 Å². The van der Waals surface area contributed by atoms with Gasteiger partial charge in [0.05, 0.1) is 16.7 Å². The van der Waals surface area contributed by atoms with Gasteiger partial charge in [-0.05, 0) is 108 Å². The molecule has 0 bridgehead atoms. The molecule has 0 saturated heterocycles. The number of fused-ring (bicyclic) bond motifs is 8. The predicted octanol–water partition coefficient (Wildman–Crippen LogP) is 15.6. The molecule has 0 spiro atoms. The van der Waals surface area contributed by atoms with Gasteiger partial charge in [-0.2, -0.15) is 9.97 Å². The minimum absolute atomic E-state index is 0.562. The molecular weight excluding hydrogens is 975 g/mol. The van der Waals surface area contributed by atoms with Gasteiger partial charge in [0.1, 0.15) is 0 Å². The predicted molar refractivity (Wildman–Crippen MR) is 331 cm³/mol. The van der Waals surface area contributed by atoms with Crippen LogP contribution in [0.15, 0.2) is 297 Å². The lowest BCUT2D eigenvalue weighted by Gasteiger charge is -2.31. The molecule has 0 N–H and O–H groups in total. The molecule has 79 heavy (non-hydrogen) atoms. The quantitative estimate of drug-likeness (QED) is 0.128. The van der Waals surface area contributed by atoms with E-state index in [9.17, 15) is 0 Å². The minimum atomic E-state index is -2.87. The van der Waals surface area contributed by atoms with E-state index in [2.05, 4.69) is 270 Å². The molecule has 3 heterocycles. The van der Waals surface area contributed by atoms with E-state index in [0.29, 0.717) is 17.6 Å². The van der Waals surface area contributed by atoms with Crippen LogP contribution < -0.4 is 25.6 Å². The van der Waals surface area contributed by atoms with Crippen molar-refractivity contribution in [3.05, 3.63) is 297 Å². The van der Waals surface area contributed by atoms with Crippen molar-refractivity contribution < 1.29 is 0 Å². The Balaban J connectivity index is 1.00. The first-order valence-electron chi connectivity index (χ1n) is 26.9. The Morgan fingerprint density at radius 1 is 0.329 bits per heavy atom. The third kappa shape index (κ3) is 7.64. The molecule has 5 nitrogen and oxygen atoms in total. The number of hydrogen-bond acceptors (Lipinski definition) is 4. The largest absolute Gasteiger partial charge is 0.310 e. The molecular formula is C73H49N5Si. The fourth-order valence-corrected chi connectivity index (χ4v) is 17.6. The summed E-state index contributed by atoms with van der Waals surface area (Å²) in [5.74, 6) is 1.79. The molecule has 6 heteroatoms. The van der Waals surface area contributed by atoms with Gasteiger partial charge < -0.3 is 4.90 Å². The van der Waals surface area contributed by atoms with E-state index in [0.717, 1.165) is 61.3 Å². The molecule has 14 aromatic rings. The Kier molecular flexibility index (Phi) is 11.1. The number of anilines is 3. The average molecular weight is 1020 g/mol. The molecule has 0 fully saturated rings. The maximum Gasteiger partial charge on any atom is 0.238 e. The highest BCUT2D eigenvalue weighted by Gasteiger charge is 2.49. The third-order valence-electron chi connectivity index (χ3n) is 15.9. The zero-order valence-corrected chi connectivity index (χ0v) is 44.0. The fourth-order valence-electron chi connectivity index (χ4n) is 12.4. The van der Waals surface area contributed by atoms with Gasteiger partial charge in [-0.15, -0.1) is 0 Å². The summed E-state index contributed by atoms with van der Waals surface area (Å²) in [5.41, 5.74) is 14.2. The fraction of sp³-hybridized carbons (Fsp3) is 0. The van der Waals surface area contributed by atoms with E-state index in [4.69, 9.17) is 15.0 Å².